The van der Waals surface area contributed by atoms with Gasteiger partial charge in [-0.3, -0.25) is 0 Å². The molecule has 0 spiro atoms. The second-order valence-electron chi connectivity index (χ2n) is 3.29. The van der Waals surface area contributed by atoms with Gasteiger partial charge in [0.2, 0.25) is 0 Å². The quantitative estimate of drug-likeness (QED) is 0.657. The van der Waals surface area contributed by atoms with Crippen LogP contribution in [0.3, 0.4) is 0 Å². The Morgan fingerprint density at radius 2 is 2.00 bits per heavy atom. The molecule has 0 saturated carbocycles. The maximum Gasteiger partial charge on any atom is 0.164 e. The van der Waals surface area contributed by atoms with Crippen molar-refractivity contribution in [3.63, 3.8) is 0 Å². The van der Waals surface area contributed by atoms with Crippen molar-refractivity contribution in [2.75, 3.05) is 13.2 Å². The van der Waals surface area contributed by atoms with Gasteiger partial charge in [-0.15, -0.1) is 0 Å². The van der Waals surface area contributed by atoms with Crippen molar-refractivity contribution >= 4 is 0 Å². The summed E-state index contributed by atoms with van der Waals surface area (Å²) in [5.74, 6) is 1.83. The molecule has 0 aromatic heterocycles. The minimum atomic E-state index is 0.666. The Morgan fingerprint density at radius 1 is 1.23 bits per heavy atom. The molecular weight excluding hydrogens is 164 g/mol. The van der Waals surface area contributed by atoms with Crippen LogP contribution >= 0.6 is 0 Å². The predicted molar refractivity (Wildman–Crippen MR) is 51.5 cm³/mol. The molecule has 2 nitrogen and oxygen atoms in total. The van der Waals surface area contributed by atoms with Gasteiger partial charge in [-0.1, -0.05) is 13.0 Å². The van der Waals surface area contributed by atoms with Gasteiger partial charge in [0, 0.05) is 0 Å². The normalized spacial score (nSPS) is 14.3. The van der Waals surface area contributed by atoms with E-state index < -0.39 is 0 Å². The minimum Gasteiger partial charge on any atom is -0.486 e. The molecule has 13 heavy (non-hydrogen) atoms. The number of hydrogen-bond acceptors (Lipinski definition) is 2. The third kappa shape index (κ3) is 1.48. The Morgan fingerprint density at radius 3 is 2.77 bits per heavy atom. The molecule has 1 heterocycles. The van der Waals surface area contributed by atoms with Gasteiger partial charge < -0.3 is 9.47 Å². The van der Waals surface area contributed by atoms with Crippen LogP contribution < -0.4 is 9.47 Å². The van der Waals surface area contributed by atoms with Gasteiger partial charge in [0.05, 0.1) is 0 Å². The number of hydrogen-bond donors (Lipinski definition) is 0. The highest BCUT2D eigenvalue weighted by Gasteiger charge is 2.14. The number of fused-ring (bicyclic) bond motifs is 1. The molecule has 0 unspecified atom stereocenters. The first-order valence-electron chi connectivity index (χ1n) is 4.70. The number of aryl methyl sites for hydroxylation is 2. The molecule has 0 atom stereocenters. The van der Waals surface area contributed by atoms with Crippen LogP contribution in [0.1, 0.15) is 18.1 Å². The predicted octanol–water partition coefficient (Wildman–Crippen LogP) is 2.33. The van der Waals surface area contributed by atoms with E-state index in [0.717, 1.165) is 17.9 Å². The molecule has 0 saturated heterocycles. The van der Waals surface area contributed by atoms with Crippen LogP contribution in [0.15, 0.2) is 12.1 Å². The van der Waals surface area contributed by atoms with E-state index in [1.165, 1.54) is 11.1 Å². The summed E-state index contributed by atoms with van der Waals surface area (Å²) in [6.45, 7) is 5.54. The van der Waals surface area contributed by atoms with Crippen LogP contribution in [0.4, 0.5) is 0 Å². The summed E-state index contributed by atoms with van der Waals surface area (Å²) in [7, 11) is 0. The van der Waals surface area contributed by atoms with Crippen molar-refractivity contribution in [1.29, 1.82) is 0 Å². The van der Waals surface area contributed by atoms with E-state index >= 15 is 0 Å². The molecule has 70 valence electrons. The van der Waals surface area contributed by atoms with Crippen LogP contribution in [0, 0.1) is 6.92 Å². The summed E-state index contributed by atoms with van der Waals surface area (Å²) in [5.41, 5.74) is 2.48. The van der Waals surface area contributed by atoms with Gasteiger partial charge in [0.15, 0.2) is 11.5 Å². The van der Waals surface area contributed by atoms with Gasteiger partial charge in [-0.25, -0.2) is 0 Å². The van der Waals surface area contributed by atoms with Crippen LogP contribution in [0.2, 0.25) is 0 Å². The van der Waals surface area contributed by atoms with Gasteiger partial charge >= 0.3 is 0 Å². The first kappa shape index (κ1) is 8.42. The van der Waals surface area contributed by atoms with Gasteiger partial charge in [-0.2, -0.15) is 0 Å². The van der Waals surface area contributed by atoms with E-state index in [9.17, 15) is 0 Å². The summed E-state index contributed by atoms with van der Waals surface area (Å²) < 4.78 is 11.1. The molecule has 0 radical (unpaired) electrons. The van der Waals surface area contributed by atoms with E-state index in [2.05, 4.69) is 26.0 Å². The van der Waals surface area contributed by atoms with E-state index in [4.69, 9.17) is 9.47 Å². The Hall–Kier alpha value is -1.18. The first-order valence-corrected chi connectivity index (χ1v) is 4.70. The van der Waals surface area contributed by atoms with Crippen LogP contribution in [0.25, 0.3) is 0 Å². The topological polar surface area (TPSA) is 18.5 Å². The molecule has 2 heteroatoms. The zero-order valence-electron chi connectivity index (χ0n) is 8.09. The molecule has 0 aliphatic carbocycles. The highest BCUT2D eigenvalue weighted by molar-refractivity contribution is 5.49. The molecule has 0 fully saturated rings. The lowest BCUT2D eigenvalue weighted by Gasteiger charge is -2.20. The zero-order chi connectivity index (χ0) is 9.26. The average molecular weight is 178 g/mol. The Labute approximate surface area is 78.5 Å². The van der Waals surface area contributed by atoms with Gasteiger partial charge in [-0.05, 0) is 30.5 Å². The summed E-state index contributed by atoms with van der Waals surface area (Å²) in [6.07, 6.45) is 1.04. The fraction of sp³-hybridized carbons (Fsp3) is 0.455. The van der Waals surface area contributed by atoms with Crippen molar-refractivity contribution in [3.05, 3.63) is 23.3 Å². The molecular formula is C11H14O2. The molecule has 0 amide bonds. The monoisotopic (exact) mass is 178 g/mol. The van der Waals surface area contributed by atoms with E-state index in [1.807, 2.05) is 0 Å². The fourth-order valence-corrected chi connectivity index (χ4v) is 1.61. The molecule has 0 N–H and O–H groups in total. The summed E-state index contributed by atoms with van der Waals surface area (Å²) in [6, 6.07) is 4.23. The number of benzene rings is 1. The lowest BCUT2D eigenvalue weighted by molar-refractivity contribution is 0.170. The third-order valence-electron chi connectivity index (χ3n) is 2.30. The second-order valence-corrected chi connectivity index (χ2v) is 3.29. The van der Waals surface area contributed by atoms with Crippen molar-refractivity contribution in [2.24, 2.45) is 0 Å². The third-order valence-corrected chi connectivity index (χ3v) is 2.30. The van der Waals surface area contributed by atoms with Crippen molar-refractivity contribution in [2.45, 2.75) is 20.3 Å². The van der Waals surface area contributed by atoms with Crippen LogP contribution in [-0.2, 0) is 6.42 Å². The molecule has 1 aromatic rings. The molecule has 2 rings (SSSR count). The van der Waals surface area contributed by atoms with Crippen LogP contribution in [0.5, 0.6) is 11.5 Å². The summed E-state index contributed by atoms with van der Waals surface area (Å²) in [4.78, 5) is 0. The average Bonchev–Trinajstić information content (AvgIpc) is 2.18. The molecule has 1 aliphatic heterocycles. The Balaban J connectivity index is 2.47. The van der Waals surface area contributed by atoms with Crippen molar-refractivity contribution in [3.8, 4) is 11.5 Å². The largest absolute Gasteiger partial charge is 0.486 e. The second kappa shape index (κ2) is 3.29. The van der Waals surface area contributed by atoms with E-state index in [-0.39, 0.29) is 0 Å². The van der Waals surface area contributed by atoms with Crippen molar-refractivity contribution in [1.82, 2.24) is 0 Å². The number of rotatable bonds is 1. The van der Waals surface area contributed by atoms with Crippen LogP contribution in [-0.4, -0.2) is 13.2 Å². The van der Waals surface area contributed by atoms with Crippen molar-refractivity contribution < 1.29 is 9.47 Å². The standard InChI is InChI=1S/C11H14O2/c1-3-9-6-8(2)11-10(7-9)12-4-5-13-11/h6-7H,3-5H2,1-2H3. The van der Waals surface area contributed by atoms with E-state index in [1.54, 1.807) is 0 Å². The first-order chi connectivity index (χ1) is 6.31. The minimum absolute atomic E-state index is 0.666. The molecule has 1 aromatic carbocycles. The zero-order valence-corrected chi connectivity index (χ0v) is 8.09. The highest BCUT2D eigenvalue weighted by Crippen LogP contribution is 2.34. The summed E-state index contributed by atoms with van der Waals surface area (Å²) >= 11 is 0. The Bertz CT molecular complexity index is 318. The maximum absolute atomic E-state index is 5.53. The smallest absolute Gasteiger partial charge is 0.164 e. The van der Waals surface area contributed by atoms with Gasteiger partial charge in [0.25, 0.3) is 0 Å². The summed E-state index contributed by atoms with van der Waals surface area (Å²) in [5, 5.41) is 0. The molecule has 0 bridgehead atoms. The SMILES string of the molecule is CCc1cc(C)c2c(c1)OCCO2. The lowest BCUT2D eigenvalue weighted by atomic mass is 10.1. The van der Waals surface area contributed by atoms with Gasteiger partial charge in [0.1, 0.15) is 13.2 Å². The fourth-order valence-electron chi connectivity index (χ4n) is 1.61. The number of ether oxygens (including phenoxy) is 2. The lowest BCUT2D eigenvalue weighted by Crippen LogP contribution is -2.16. The highest BCUT2D eigenvalue weighted by atomic mass is 16.6. The molecule has 1 aliphatic rings. The Kier molecular flexibility index (Phi) is 2.13. The van der Waals surface area contributed by atoms with E-state index in [0.29, 0.717) is 13.2 Å². The maximum atomic E-state index is 5.53.